The molecule has 3 heteroatoms. The maximum Gasteiger partial charge on any atom is -0.147 e. The van der Waals surface area contributed by atoms with Gasteiger partial charge in [0.1, 0.15) is 0 Å². The van der Waals surface area contributed by atoms with E-state index >= 15 is 0 Å². The molecule has 0 bridgehead atoms. The second kappa shape index (κ2) is 17.6. The summed E-state index contributed by atoms with van der Waals surface area (Å²) < 4.78 is 0. The first-order chi connectivity index (χ1) is 6.35. The fourth-order valence-electron chi connectivity index (χ4n) is 0.998. The zero-order chi connectivity index (χ0) is 9.94. The maximum atomic E-state index is 2.31. The van der Waals surface area contributed by atoms with Crippen molar-refractivity contribution in [3.8, 4) is 0 Å². The molecular weight excluding hydrogens is 274 g/mol. The molecule has 0 fully saturated rings. The third kappa shape index (κ3) is 15.2. The molecule has 0 amide bonds. The minimum Gasteiger partial charge on any atom is -0.153 e. The van der Waals surface area contributed by atoms with Gasteiger partial charge in [0.25, 0.3) is 0 Å². The van der Waals surface area contributed by atoms with Crippen LogP contribution in [0.5, 0.6) is 0 Å². The minimum atomic E-state index is 0. The molecule has 1 atom stereocenters. The summed E-state index contributed by atoms with van der Waals surface area (Å²) in [5, 5.41) is 4.51. The monoisotopic (exact) mass is 304 g/mol. The fraction of sp³-hybridized carbons (Fsp3) is 1.00. The number of hydrogen-bond acceptors (Lipinski definition) is 0. The zero-order valence-corrected chi connectivity index (χ0v) is 14.0. The van der Waals surface area contributed by atoms with Gasteiger partial charge in [0.15, 0.2) is 0 Å². The fourth-order valence-corrected chi connectivity index (χ4v) is 4.12. The smallest absolute Gasteiger partial charge is 0.147 e. The molecule has 15 heavy (non-hydrogen) atoms. The van der Waals surface area contributed by atoms with E-state index in [2.05, 4.69) is 20.8 Å². The van der Waals surface area contributed by atoms with Crippen molar-refractivity contribution in [2.24, 2.45) is 0 Å². The van der Waals surface area contributed by atoms with Gasteiger partial charge in [0, 0.05) is 0 Å². The molecule has 0 saturated heterocycles. The van der Waals surface area contributed by atoms with Crippen LogP contribution in [0.25, 0.3) is 0 Å². The third-order valence-corrected chi connectivity index (χ3v) is 5.02. The number of hydrogen-bond donors (Lipinski definition) is 0. The first-order valence-electron chi connectivity index (χ1n) is 5.76. The Balaban J connectivity index is -0.000000720. The van der Waals surface area contributed by atoms with E-state index < -0.39 is 0 Å². The van der Waals surface area contributed by atoms with E-state index in [1.165, 1.54) is 54.5 Å². The van der Waals surface area contributed by atoms with Crippen LogP contribution in [-0.4, -0.2) is 0 Å². The molecule has 0 saturated carbocycles. The largest absolute Gasteiger partial charge is 0.153 e. The van der Waals surface area contributed by atoms with Crippen LogP contribution in [0.3, 0.4) is 0 Å². The van der Waals surface area contributed by atoms with Crippen LogP contribution in [0.1, 0.15) is 59.3 Å². The SMILES string of the molecule is CCC[CH2][Cu]([CH2]CCC)[CH2]CCC.Cl.P. The molecule has 0 aromatic rings. The Bertz CT molecular complexity index is 82.6. The van der Waals surface area contributed by atoms with Crippen molar-refractivity contribution in [2.45, 2.75) is 75.3 Å². The second-order valence-corrected chi connectivity index (χ2v) is 6.29. The van der Waals surface area contributed by atoms with Crippen LogP contribution in [0.4, 0.5) is 0 Å². The van der Waals surface area contributed by atoms with E-state index in [1.54, 1.807) is 0 Å². The van der Waals surface area contributed by atoms with Gasteiger partial charge >= 0.3 is 89.2 Å². The predicted octanol–water partition coefficient (Wildman–Crippen LogP) is 5.74. The van der Waals surface area contributed by atoms with Crippen molar-refractivity contribution in [3.63, 3.8) is 0 Å². The number of unbranched alkanes of at least 4 members (excludes halogenated alkanes) is 3. The summed E-state index contributed by atoms with van der Waals surface area (Å²) >= 11 is 0.842. The van der Waals surface area contributed by atoms with Gasteiger partial charge in [-0.3, -0.25) is 0 Å². The van der Waals surface area contributed by atoms with E-state index in [-0.39, 0.29) is 22.3 Å². The van der Waals surface area contributed by atoms with E-state index in [0.717, 1.165) is 13.9 Å². The van der Waals surface area contributed by atoms with Gasteiger partial charge < -0.3 is 0 Å². The summed E-state index contributed by atoms with van der Waals surface area (Å²) in [6.45, 7) is 6.92. The van der Waals surface area contributed by atoms with Crippen molar-refractivity contribution in [1.29, 1.82) is 0 Å². The normalized spacial score (nSPS) is 10.2. The summed E-state index contributed by atoms with van der Waals surface area (Å²) in [6, 6.07) is 0. The van der Waals surface area contributed by atoms with Gasteiger partial charge in [-0.15, -0.1) is 12.4 Å². The van der Waals surface area contributed by atoms with Crippen LogP contribution in [0.2, 0.25) is 16.0 Å². The zero-order valence-electron chi connectivity index (χ0n) is 10.8. The second-order valence-electron chi connectivity index (χ2n) is 3.47. The van der Waals surface area contributed by atoms with Gasteiger partial charge in [-0.25, -0.2) is 0 Å². The average molecular weight is 305 g/mol. The topological polar surface area (TPSA) is 0 Å². The van der Waals surface area contributed by atoms with Crippen LogP contribution in [0, 0.1) is 0 Å². The molecule has 0 aromatic heterocycles. The molecule has 0 aliphatic rings. The molecule has 0 radical (unpaired) electrons. The number of rotatable bonds is 9. The minimum absolute atomic E-state index is 0. The van der Waals surface area contributed by atoms with Gasteiger partial charge in [0.2, 0.25) is 0 Å². The van der Waals surface area contributed by atoms with Crippen molar-refractivity contribution < 1.29 is 13.9 Å². The quantitative estimate of drug-likeness (QED) is 0.376. The molecule has 0 heterocycles. The standard InChI is InChI=1S/3C4H9.ClH.Cu.H3P/c3*1-3-4-2;;;/h3*1,3-4H2,2H3;1H;;1H3. The van der Waals surface area contributed by atoms with Crippen LogP contribution < -0.4 is 0 Å². The third-order valence-electron chi connectivity index (χ3n) is 2.02. The summed E-state index contributed by atoms with van der Waals surface area (Å²) in [6.07, 6.45) is 8.48. The first-order valence-corrected chi connectivity index (χ1v) is 7.76. The molecule has 0 aliphatic carbocycles. The van der Waals surface area contributed by atoms with E-state index in [4.69, 9.17) is 0 Å². The van der Waals surface area contributed by atoms with Gasteiger partial charge in [-0.05, 0) is 0 Å². The van der Waals surface area contributed by atoms with Crippen molar-refractivity contribution in [1.82, 2.24) is 0 Å². The first kappa shape index (κ1) is 21.5. The maximum absolute atomic E-state index is 2.31. The van der Waals surface area contributed by atoms with Crippen molar-refractivity contribution in [2.75, 3.05) is 0 Å². The summed E-state index contributed by atoms with van der Waals surface area (Å²) in [5.74, 6) is 0. The Morgan fingerprint density at radius 3 is 1.13 bits per heavy atom. The van der Waals surface area contributed by atoms with Crippen LogP contribution in [0.15, 0.2) is 0 Å². The molecule has 0 nitrogen and oxygen atoms in total. The molecule has 0 aliphatic heterocycles. The number of halogens is 1. The van der Waals surface area contributed by atoms with Crippen molar-refractivity contribution >= 4 is 22.3 Å². The van der Waals surface area contributed by atoms with Gasteiger partial charge in [0.05, 0.1) is 0 Å². The Labute approximate surface area is 111 Å². The predicted molar refractivity (Wildman–Crippen MR) is 77.5 cm³/mol. The van der Waals surface area contributed by atoms with E-state index in [1.807, 2.05) is 0 Å². The Kier molecular flexibility index (Phi) is 25.3. The Hall–Kier alpha value is 1.24. The summed E-state index contributed by atoms with van der Waals surface area (Å²) in [5.41, 5.74) is 0. The molecule has 1 unspecified atom stereocenters. The van der Waals surface area contributed by atoms with E-state index in [9.17, 15) is 0 Å². The summed E-state index contributed by atoms with van der Waals surface area (Å²) in [7, 11) is 0. The molecule has 0 aromatic carbocycles. The molecule has 0 N–H and O–H groups in total. The van der Waals surface area contributed by atoms with Gasteiger partial charge in [-0.2, -0.15) is 9.90 Å². The molecular formula is C12H31ClCuP. The van der Waals surface area contributed by atoms with Crippen LogP contribution in [-0.2, 0) is 13.9 Å². The molecule has 0 rings (SSSR count). The van der Waals surface area contributed by atoms with Crippen LogP contribution >= 0.6 is 22.3 Å². The average Bonchev–Trinajstić information content (AvgIpc) is 2.17. The van der Waals surface area contributed by atoms with E-state index in [0.29, 0.717) is 0 Å². The Morgan fingerprint density at radius 2 is 0.933 bits per heavy atom. The van der Waals surface area contributed by atoms with Gasteiger partial charge in [-0.1, -0.05) is 0 Å². The molecule has 0 spiro atoms. The molecule has 102 valence electrons. The van der Waals surface area contributed by atoms with Crippen molar-refractivity contribution in [3.05, 3.63) is 0 Å². The summed E-state index contributed by atoms with van der Waals surface area (Å²) in [4.78, 5) is 0. The Morgan fingerprint density at radius 1 is 0.667 bits per heavy atom.